The summed E-state index contributed by atoms with van der Waals surface area (Å²) in [5.41, 5.74) is 0. The molecule has 0 amide bonds. The largest absolute Gasteiger partial charge is 0.243 e. The van der Waals surface area contributed by atoms with E-state index in [1.807, 2.05) is 6.92 Å². The normalized spacial score (nSPS) is 13.7. The van der Waals surface area contributed by atoms with E-state index in [0.29, 0.717) is 6.42 Å². The molecule has 6 heteroatoms. The minimum absolute atomic E-state index is 0.0920. The average Bonchev–Trinajstić information content (AvgIpc) is 2.26. The van der Waals surface area contributed by atoms with Crippen LogP contribution in [0.4, 0.5) is 4.39 Å². The third kappa shape index (κ3) is 3.43. The monoisotopic (exact) mass is 265 g/mol. The number of halogens is 2. The van der Waals surface area contributed by atoms with E-state index in [-0.39, 0.29) is 16.8 Å². The summed E-state index contributed by atoms with van der Waals surface area (Å²) in [6, 6.07) is 5.22. The molecular weight excluding hydrogens is 253 g/mol. The Labute approximate surface area is 99.7 Å². The summed E-state index contributed by atoms with van der Waals surface area (Å²) < 4.78 is 38.8. The second kappa shape index (κ2) is 5.61. The Kier molecular flexibility index (Phi) is 4.70. The minimum Gasteiger partial charge on any atom is -0.210 e. The van der Waals surface area contributed by atoms with E-state index in [0.717, 1.165) is 6.07 Å². The van der Waals surface area contributed by atoms with Crippen LogP contribution in [0, 0.1) is 5.82 Å². The van der Waals surface area contributed by atoms with Gasteiger partial charge in [-0.05, 0) is 18.6 Å². The van der Waals surface area contributed by atoms with Gasteiger partial charge < -0.3 is 0 Å². The molecule has 0 aromatic heterocycles. The van der Waals surface area contributed by atoms with Gasteiger partial charge in [0.05, 0.1) is 0 Å². The van der Waals surface area contributed by atoms with Gasteiger partial charge >= 0.3 is 0 Å². The van der Waals surface area contributed by atoms with Gasteiger partial charge in [0.1, 0.15) is 10.7 Å². The molecule has 16 heavy (non-hydrogen) atoms. The third-order valence-corrected chi connectivity index (χ3v) is 3.98. The topological polar surface area (TPSA) is 46.2 Å². The first-order chi connectivity index (χ1) is 7.47. The molecule has 1 aromatic carbocycles. The van der Waals surface area contributed by atoms with Gasteiger partial charge in [-0.25, -0.2) is 17.5 Å². The molecule has 1 unspecified atom stereocenters. The Balaban J connectivity index is 2.83. The summed E-state index contributed by atoms with van der Waals surface area (Å²) in [4.78, 5) is -0.352. The van der Waals surface area contributed by atoms with Gasteiger partial charge in [0.2, 0.25) is 10.0 Å². The maximum absolute atomic E-state index is 13.2. The van der Waals surface area contributed by atoms with E-state index in [4.69, 9.17) is 11.6 Å². The first-order valence-electron chi connectivity index (χ1n) is 4.85. The zero-order valence-corrected chi connectivity index (χ0v) is 10.4. The van der Waals surface area contributed by atoms with Crippen molar-refractivity contribution in [2.75, 3.05) is 6.54 Å². The zero-order chi connectivity index (χ0) is 12.2. The third-order valence-electron chi connectivity index (χ3n) is 2.06. The Hall–Kier alpha value is -0.650. The highest BCUT2D eigenvalue weighted by molar-refractivity contribution is 7.89. The Morgan fingerprint density at radius 3 is 2.62 bits per heavy atom. The smallest absolute Gasteiger partial charge is 0.210 e. The van der Waals surface area contributed by atoms with Crippen LogP contribution in [0.3, 0.4) is 0 Å². The van der Waals surface area contributed by atoms with Crippen molar-refractivity contribution in [3.8, 4) is 0 Å². The molecule has 0 radical (unpaired) electrons. The van der Waals surface area contributed by atoms with Crippen LogP contribution in [0.5, 0.6) is 0 Å². The molecule has 1 N–H and O–H groups in total. The highest BCUT2D eigenvalue weighted by atomic mass is 35.5. The van der Waals surface area contributed by atoms with E-state index in [1.54, 1.807) is 0 Å². The van der Waals surface area contributed by atoms with Crippen molar-refractivity contribution < 1.29 is 12.8 Å². The molecule has 0 fully saturated rings. The molecule has 0 saturated carbocycles. The number of benzene rings is 1. The van der Waals surface area contributed by atoms with E-state index in [9.17, 15) is 12.8 Å². The molecule has 0 saturated heterocycles. The second-order valence-corrected chi connectivity index (χ2v) is 5.64. The van der Waals surface area contributed by atoms with E-state index in [2.05, 4.69) is 4.72 Å². The summed E-state index contributed by atoms with van der Waals surface area (Å²) in [5.74, 6) is -0.766. The van der Waals surface area contributed by atoms with Gasteiger partial charge in [0, 0.05) is 11.9 Å². The van der Waals surface area contributed by atoms with E-state index >= 15 is 0 Å². The lowest BCUT2D eigenvalue weighted by Crippen LogP contribution is -2.30. The predicted molar refractivity (Wildman–Crippen MR) is 61.5 cm³/mol. The molecule has 1 atom stereocenters. The molecular formula is C10H13ClFNO2S. The number of hydrogen-bond acceptors (Lipinski definition) is 2. The molecule has 90 valence electrons. The first-order valence-corrected chi connectivity index (χ1v) is 6.77. The molecule has 0 bridgehead atoms. The Morgan fingerprint density at radius 2 is 2.06 bits per heavy atom. The number of hydrogen-bond donors (Lipinski definition) is 1. The summed E-state index contributed by atoms with van der Waals surface area (Å²) in [6.45, 7) is 1.93. The predicted octanol–water partition coefficient (Wildman–Crippen LogP) is 2.12. The van der Waals surface area contributed by atoms with Crippen LogP contribution in [-0.2, 0) is 10.0 Å². The molecule has 1 aromatic rings. The SMILES string of the molecule is CCC(Cl)CNS(=O)(=O)c1ccccc1F. The molecule has 0 aliphatic rings. The highest BCUT2D eigenvalue weighted by Crippen LogP contribution is 2.13. The fourth-order valence-electron chi connectivity index (χ4n) is 1.08. The summed E-state index contributed by atoms with van der Waals surface area (Å²) in [7, 11) is -3.81. The quantitative estimate of drug-likeness (QED) is 0.829. The van der Waals surface area contributed by atoms with Gasteiger partial charge in [-0.15, -0.1) is 11.6 Å². The minimum atomic E-state index is -3.81. The van der Waals surface area contributed by atoms with Crippen molar-refractivity contribution in [1.29, 1.82) is 0 Å². The van der Waals surface area contributed by atoms with Crippen LogP contribution in [-0.4, -0.2) is 20.3 Å². The van der Waals surface area contributed by atoms with Crippen LogP contribution in [0.1, 0.15) is 13.3 Å². The maximum atomic E-state index is 13.2. The van der Waals surface area contributed by atoms with Gasteiger partial charge in [-0.2, -0.15) is 0 Å². The van der Waals surface area contributed by atoms with Gasteiger partial charge in [0.15, 0.2) is 0 Å². The molecule has 0 heterocycles. The molecule has 0 aliphatic heterocycles. The molecule has 3 nitrogen and oxygen atoms in total. The van der Waals surface area contributed by atoms with Crippen molar-refractivity contribution in [3.63, 3.8) is 0 Å². The van der Waals surface area contributed by atoms with Crippen LogP contribution in [0.25, 0.3) is 0 Å². The van der Waals surface area contributed by atoms with Crippen molar-refractivity contribution >= 4 is 21.6 Å². The number of nitrogens with one attached hydrogen (secondary N) is 1. The van der Waals surface area contributed by atoms with Gasteiger partial charge in [0.25, 0.3) is 0 Å². The van der Waals surface area contributed by atoms with E-state index < -0.39 is 15.8 Å². The Bertz CT molecular complexity index is 450. The Morgan fingerprint density at radius 1 is 1.44 bits per heavy atom. The van der Waals surface area contributed by atoms with Crippen molar-refractivity contribution in [3.05, 3.63) is 30.1 Å². The lowest BCUT2D eigenvalue weighted by Gasteiger charge is -2.09. The number of rotatable bonds is 5. The fourth-order valence-corrected chi connectivity index (χ4v) is 2.41. The fraction of sp³-hybridized carbons (Fsp3) is 0.400. The summed E-state index contributed by atoms with van der Waals surface area (Å²) in [5, 5.41) is -0.290. The van der Waals surface area contributed by atoms with Crippen molar-refractivity contribution in [2.24, 2.45) is 0 Å². The summed E-state index contributed by atoms with van der Waals surface area (Å²) >= 11 is 5.78. The molecule has 0 spiro atoms. The lowest BCUT2D eigenvalue weighted by molar-refractivity contribution is 0.555. The van der Waals surface area contributed by atoms with Gasteiger partial charge in [-0.3, -0.25) is 0 Å². The highest BCUT2D eigenvalue weighted by Gasteiger charge is 2.18. The van der Waals surface area contributed by atoms with Crippen molar-refractivity contribution in [2.45, 2.75) is 23.6 Å². The second-order valence-electron chi connectivity index (χ2n) is 3.29. The molecule has 0 aliphatic carbocycles. The lowest BCUT2D eigenvalue weighted by atomic mass is 10.3. The standard InChI is InChI=1S/C10H13ClFNO2S/c1-2-8(11)7-13-16(14,15)10-6-4-3-5-9(10)12/h3-6,8,13H,2,7H2,1H3. The first kappa shape index (κ1) is 13.4. The zero-order valence-electron chi connectivity index (χ0n) is 8.78. The number of sulfonamides is 1. The van der Waals surface area contributed by atoms with E-state index in [1.165, 1.54) is 18.2 Å². The van der Waals surface area contributed by atoms with Crippen LogP contribution < -0.4 is 4.72 Å². The van der Waals surface area contributed by atoms with Crippen LogP contribution >= 0.6 is 11.6 Å². The average molecular weight is 266 g/mol. The van der Waals surface area contributed by atoms with Crippen LogP contribution in [0.15, 0.2) is 29.2 Å². The van der Waals surface area contributed by atoms with Gasteiger partial charge in [-0.1, -0.05) is 19.1 Å². The maximum Gasteiger partial charge on any atom is 0.243 e. The van der Waals surface area contributed by atoms with Crippen LogP contribution in [0.2, 0.25) is 0 Å². The summed E-state index contributed by atoms with van der Waals surface area (Å²) in [6.07, 6.45) is 0.640. The molecule has 1 rings (SSSR count). The number of alkyl halides is 1. The van der Waals surface area contributed by atoms with Crippen molar-refractivity contribution in [1.82, 2.24) is 4.72 Å².